The largest absolute Gasteiger partial charge is 0.394 e. The molecule has 1 aliphatic heterocycles. The van der Waals surface area contributed by atoms with Crippen LogP contribution in [0.25, 0.3) is 11.2 Å². The van der Waals surface area contributed by atoms with E-state index in [1.165, 1.54) is 17.2 Å². The van der Waals surface area contributed by atoms with Gasteiger partial charge in [-0.05, 0) is 0 Å². The molecule has 2 aromatic heterocycles. The maximum Gasteiger partial charge on any atom is 0.167 e. The summed E-state index contributed by atoms with van der Waals surface area (Å²) < 4.78 is 6.85. The van der Waals surface area contributed by atoms with Crippen molar-refractivity contribution in [3.63, 3.8) is 0 Å². The molecule has 2 aromatic rings. The number of fused-ring (bicyclic) bond motifs is 1. The maximum absolute atomic E-state index is 9.95. The van der Waals surface area contributed by atoms with E-state index in [9.17, 15) is 10.2 Å². The standard InChI is InChI=1S/C10H13N5O4/c11-8-5-9(13-2-12-8)15(3-14-5)10-7(18)6(17)4(1-16)19-10/h2-4,6-7,10,16-18H,1H2,(H2,11,12,13)/t4-,6-,7+,10-/m0/s1. The number of hydrogen-bond donors (Lipinski definition) is 4. The van der Waals surface area contributed by atoms with Crippen molar-refractivity contribution in [1.82, 2.24) is 19.5 Å². The molecule has 0 unspecified atom stereocenters. The number of imidazole rings is 1. The average Bonchev–Trinajstić information content (AvgIpc) is 2.94. The van der Waals surface area contributed by atoms with E-state index in [1.54, 1.807) is 0 Å². The minimum absolute atomic E-state index is 0.218. The van der Waals surface area contributed by atoms with Crippen LogP contribution in [0.1, 0.15) is 6.23 Å². The Balaban J connectivity index is 2.04. The second kappa shape index (κ2) is 4.38. The third kappa shape index (κ3) is 1.75. The number of nitrogens with two attached hydrogens (primary N) is 1. The number of aromatic nitrogens is 4. The number of nitrogen functional groups attached to an aromatic ring is 1. The van der Waals surface area contributed by atoms with Crippen LogP contribution in [0.2, 0.25) is 0 Å². The van der Waals surface area contributed by atoms with Crippen molar-refractivity contribution in [1.29, 1.82) is 0 Å². The molecule has 1 fully saturated rings. The summed E-state index contributed by atoms with van der Waals surface area (Å²) in [6.45, 7) is -0.390. The van der Waals surface area contributed by atoms with E-state index in [0.29, 0.717) is 11.2 Å². The first-order chi connectivity index (χ1) is 9.13. The molecular formula is C10H13N5O4. The summed E-state index contributed by atoms with van der Waals surface area (Å²) in [6.07, 6.45) is -1.42. The van der Waals surface area contributed by atoms with E-state index < -0.39 is 31.1 Å². The molecule has 0 aliphatic carbocycles. The monoisotopic (exact) mass is 267 g/mol. The third-order valence-corrected chi connectivity index (χ3v) is 3.18. The maximum atomic E-state index is 9.95. The first kappa shape index (κ1) is 12.2. The fraction of sp³-hybridized carbons (Fsp3) is 0.500. The highest BCUT2D eigenvalue weighted by atomic mass is 16.6. The highest BCUT2D eigenvalue weighted by Gasteiger charge is 2.43. The van der Waals surface area contributed by atoms with Gasteiger partial charge in [-0.25, -0.2) is 15.0 Å². The molecule has 0 radical (unpaired) electrons. The van der Waals surface area contributed by atoms with Crippen molar-refractivity contribution < 1.29 is 20.1 Å². The zero-order chi connectivity index (χ0) is 13.6. The van der Waals surface area contributed by atoms with Crippen molar-refractivity contribution in [3.8, 4) is 0 Å². The van der Waals surface area contributed by atoms with Gasteiger partial charge in [0.05, 0.1) is 12.9 Å². The number of ether oxygens (including phenoxy) is 1. The first-order valence-corrected chi connectivity index (χ1v) is 5.69. The minimum atomic E-state index is -1.19. The van der Waals surface area contributed by atoms with E-state index in [-0.39, 0.29) is 5.82 Å². The molecule has 4 atom stereocenters. The number of rotatable bonds is 2. The lowest BCUT2D eigenvalue weighted by atomic mass is 10.1. The predicted molar refractivity (Wildman–Crippen MR) is 62.7 cm³/mol. The Hall–Kier alpha value is -1.81. The Bertz CT molecular complexity index is 603. The molecule has 0 amide bonds. The highest BCUT2D eigenvalue weighted by Crippen LogP contribution is 2.31. The van der Waals surface area contributed by atoms with Crippen molar-refractivity contribution in [2.45, 2.75) is 24.5 Å². The van der Waals surface area contributed by atoms with E-state index in [1.807, 2.05) is 0 Å². The lowest BCUT2D eigenvalue weighted by Gasteiger charge is -2.16. The van der Waals surface area contributed by atoms with Gasteiger partial charge >= 0.3 is 0 Å². The lowest BCUT2D eigenvalue weighted by Crippen LogP contribution is -2.33. The van der Waals surface area contributed by atoms with E-state index in [2.05, 4.69) is 15.0 Å². The molecular weight excluding hydrogens is 254 g/mol. The van der Waals surface area contributed by atoms with Crippen LogP contribution in [0.15, 0.2) is 12.7 Å². The van der Waals surface area contributed by atoms with E-state index in [4.69, 9.17) is 15.6 Å². The molecule has 3 heterocycles. The second-order valence-corrected chi connectivity index (χ2v) is 4.31. The zero-order valence-corrected chi connectivity index (χ0v) is 9.79. The molecule has 0 bridgehead atoms. The number of hydrogen-bond acceptors (Lipinski definition) is 8. The molecule has 1 saturated heterocycles. The van der Waals surface area contributed by atoms with Crippen molar-refractivity contribution in [3.05, 3.63) is 12.7 Å². The molecule has 102 valence electrons. The minimum Gasteiger partial charge on any atom is -0.394 e. The van der Waals surface area contributed by atoms with Crippen LogP contribution in [0.3, 0.4) is 0 Å². The zero-order valence-electron chi connectivity index (χ0n) is 9.79. The van der Waals surface area contributed by atoms with Gasteiger partial charge in [-0.2, -0.15) is 0 Å². The fourth-order valence-corrected chi connectivity index (χ4v) is 2.17. The van der Waals surface area contributed by atoms with Crippen LogP contribution in [-0.2, 0) is 4.74 Å². The number of aliphatic hydroxyl groups excluding tert-OH is 3. The van der Waals surface area contributed by atoms with Crippen LogP contribution in [0, 0.1) is 0 Å². The van der Waals surface area contributed by atoms with Gasteiger partial charge in [0.2, 0.25) is 0 Å². The first-order valence-electron chi connectivity index (χ1n) is 5.69. The molecule has 9 heteroatoms. The van der Waals surface area contributed by atoms with Gasteiger partial charge in [0.25, 0.3) is 0 Å². The van der Waals surface area contributed by atoms with Crippen LogP contribution < -0.4 is 5.73 Å². The number of anilines is 1. The van der Waals surface area contributed by atoms with Gasteiger partial charge in [-0.15, -0.1) is 0 Å². The molecule has 3 rings (SSSR count). The van der Waals surface area contributed by atoms with E-state index >= 15 is 0 Å². The summed E-state index contributed by atoms with van der Waals surface area (Å²) in [7, 11) is 0. The highest BCUT2D eigenvalue weighted by molar-refractivity contribution is 5.81. The number of aliphatic hydroxyl groups is 3. The van der Waals surface area contributed by atoms with Crippen molar-refractivity contribution in [2.75, 3.05) is 12.3 Å². The smallest absolute Gasteiger partial charge is 0.167 e. The summed E-state index contributed by atoms with van der Waals surface area (Å²) in [5, 5.41) is 28.7. The van der Waals surface area contributed by atoms with Gasteiger partial charge in [-0.3, -0.25) is 4.57 Å². The normalized spacial score (nSPS) is 31.1. The summed E-state index contributed by atoms with van der Waals surface area (Å²) in [5.41, 5.74) is 6.44. The lowest BCUT2D eigenvalue weighted by molar-refractivity contribution is -0.0511. The van der Waals surface area contributed by atoms with Gasteiger partial charge in [0, 0.05) is 0 Å². The van der Waals surface area contributed by atoms with Crippen LogP contribution in [0.5, 0.6) is 0 Å². The predicted octanol–water partition coefficient (Wildman–Crippen LogP) is -1.98. The second-order valence-electron chi connectivity index (χ2n) is 4.31. The molecule has 0 spiro atoms. The SMILES string of the molecule is Nc1ncnc2c1ncn2[C@H]1O[C@@H](CO)[C@H](O)[C@H]1O. The van der Waals surface area contributed by atoms with Crippen molar-refractivity contribution in [2.24, 2.45) is 0 Å². The Morgan fingerprint density at radius 2 is 2.05 bits per heavy atom. The molecule has 0 saturated carbocycles. The van der Waals surface area contributed by atoms with Gasteiger partial charge in [0.1, 0.15) is 30.2 Å². The summed E-state index contributed by atoms with van der Waals surface area (Å²) in [5.74, 6) is 0.218. The quantitative estimate of drug-likeness (QED) is 0.491. The van der Waals surface area contributed by atoms with Crippen molar-refractivity contribution >= 4 is 17.0 Å². The number of nitrogens with zero attached hydrogens (tertiary/aromatic N) is 4. The Morgan fingerprint density at radius 1 is 1.26 bits per heavy atom. The molecule has 9 nitrogen and oxygen atoms in total. The molecule has 0 aromatic carbocycles. The fourth-order valence-electron chi connectivity index (χ4n) is 2.17. The topological polar surface area (TPSA) is 140 Å². The van der Waals surface area contributed by atoms with Gasteiger partial charge in [-0.1, -0.05) is 0 Å². The van der Waals surface area contributed by atoms with E-state index in [0.717, 1.165) is 0 Å². The van der Waals surface area contributed by atoms with Crippen LogP contribution in [-0.4, -0.2) is 59.8 Å². The Morgan fingerprint density at radius 3 is 2.74 bits per heavy atom. The molecule has 5 N–H and O–H groups in total. The van der Waals surface area contributed by atoms with Crippen LogP contribution >= 0.6 is 0 Å². The summed E-state index contributed by atoms with van der Waals surface area (Å²) >= 11 is 0. The third-order valence-electron chi connectivity index (χ3n) is 3.18. The Kier molecular flexibility index (Phi) is 2.82. The van der Waals surface area contributed by atoms with Gasteiger partial charge in [0.15, 0.2) is 17.7 Å². The summed E-state index contributed by atoms with van der Waals surface area (Å²) in [4.78, 5) is 11.9. The molecule has 1 aliphatic rings. The van der Waals surface area contributed by atoms with Gasteiger partial charge < -0.3 is 25.8 Å². The molecule has 19 heavy (non-hydrogen) atoms. The van der Waals surface area contributed by atoms with Crippen LogP contribution in [0.4, 0.5) is 5.82 Å². The Labute approximate surface area is 107 Å². The summed E-state index contributed by atoms with van der Waals surface area (Å²) in [6, 6.07) is 0. The average molecular weight is 267 g/mol.